The van der Waals surface area contributed by atoms with Crippen LogP contribution in [-0.2, 0) is 36.5 Å². The molecule has 4 N–H and O–H groups in total. The van der Waals surface area contributed by atoms with E-state index in [0.717, 1.165) is 0 Å². The van der Waals surface area contributed by atoms with Crippen molar-refractivity contribution in [2.75, 3.05) is 32.4 Å². The van der Waals surface area contributed by atoms with Crippen LogP contribution in [0.1, 0.15) is 19.4 Å². The molecule has 0 spiro atoms. The molecule has 36 heavy (non-hydrogen) atoms. The van der Waals surface area contributed by atoms with Crippen LogP contribution in [0.3, 0.4) is 0 Å². The van der Waals surface area contributed by atoms with Crippen molar-refractivity contribution in [2.24, 2.45) is 0 Å². The maximum absolute atomic E-state index is 13.6. The van der Waals surface area contributed by atoms with Gasteiger partial charge < -0.3 is 29.0 Å². The molecule has 15 heteroatoms. The highest BCUT2D eigenvalue weighted by Crippen LogP contribution is 2.44. The lowest BCUT2D eigenvalue weighted by Crippen LogP contribution is -2.34. The number of halogens is 1. The molecule has 0 fully saturated rings. The van der Waals surface area contributed by atoms with Gasteiger partial charge >= 0.3 is 5.97 Å². The van der Waals surface area contributed by atoms with Gasteiger partial charge in [-0.1, -0.05) is 17.7 Å². The molecule has 2 atom stereocenters. The molecule has 0 saturated carbocycles. The van der Waals surface area contributed by atoms with Crippen molar-refractivity contribution < 1.29 is 28.1 Å². The Kier molecular flexibility index (Phi) is 9.46. The summed E-state index contributed by atoms with van der Waals surface area (Å²) in [6, 6.07) is 4.11. The number of nitrogens with one attached hydrogen (secondary N) is 2. The Balaban J connectivity index is 1.66. The molecule has 0 radical (unpaired) electrons. The summed E-state index contributed by atoms with van der Waals surface area (Å²) in [5, 5.41) is 3.08. The number of H-pyrrole nitrogens is 1. The van der Waals surface area contributed by atoms with Gasteiger partial charge in [-0.3, -0.25) is 19.1 Å². The summed E-state index contributed by atoms with van der Waals surface area (Å²) >= 11 is 6.16. The smallest absolute Gasteiger partial charge is 0.323 e. The minimum absolute atomic E-state index is 0.0381. The third-order valence-corrected chi connectivity index (χ3v) is 7.06. The highest BCUT2D eigenvalue weighted by molar-refractivity contribution is 7.56. The van der Waals surface area contributed by atoms with Crippen molar-refractivity contribution in [1.82, 2.24) is 24.6 Å². The van der Waals surface area contributed by atoms with Crippen LogP contribution in [0, 0.1) is 0 Å². The monoisotopic (exact) mass is 542 g/mol. The first-order chi connectivity index (χ1) is 17.2. The van der Waals surface area contributed by atoms with Crippen molar-refractivity contribution in [3.05, 3.63) is 45.5 Å². The summed E-state index contributed by atoms with van der Waals surface area (Å²) in [5.41, 5.74) is 6.24. The number of nitrogens with two attached hydrogens (primary N) is 1. The number of nitrogen functional groups attached to an aromatic ring is 1. The first-order valence-corrected chi connectivity index (χ1v) is 13.1. The fraction of sp³-hybridized carbons (Fsp3) is 0.429. The first kappa shape index (κ1) is 27.6. The zero-order valence-electron chi connectivity index (χ0n) is 20.0. The van der Waals surface area contributed by atoms with Crippen LogP contribution < -0.4 is 21.1 Å². The van der Waals surface area contributed by atoms with E-state index in [-0.39, 0.29) is 44.2 Å². The fourth-order valence-corrected chi connectivity index (χ4v) is 5.11. The van der Waals surface area contributed by atoms with E-state index in [1.54, 1.807) is 29.7 Å². The topological polar surface area (TPSA) is 173 Å². The van der Waals surface area contributed by atoms with E-state index >= 15 is 0 Å². The second-order valence-electron chi connectivity index (χ2n) is 7.62. The number of aromatic amines is 1. The van der Waals surface area contributed by atoms with E-state index in [9.17, 15) is 14.2 Å². The van der Waals surface area contributed by atoms with Crippen molar-refractivity contribution >= 4 is 42.2 Å². The fourth-order valence-electron chi connectivity index (χ4n) is 3.19. The summed E-state index contributed by atoms with van der Waals surface area (Å²) in [6.45, 7) is 3.63. The molecule has 1 aromatic carbocycles. The number of anilines is 1. The molecule has 3 rings (SSSR count). The van der Waals surface area contributed by atoms with Crippen molar-refractivity contribution in [2.45, 2.75) is 33.0 Å². The Morgan fingerprint density at radius 2 is 2.17 bits per heavy atom. The van der Waals surface area contributed by atoms with E-state index in [4.69, 9.17) is 36.1 Å². The average molecular weight is 543 g/mol. The zero-order valence-corrected chi connectivity index (χ0v) is 21.7. The van der Waals surface area contributed by atoms with Gasteiger partial charge in [0.1, 0.15) is 18.1 Å². The van der Waals surface area contributed by atoms with Crippen LogP contribution in [0.25, 0.3) is 11.2 Å². The lowest BCUT2D eigenvalue weighted by atomic mass is 10.2. The van der Waals surface area contributed by atoms with Crippen LogP contribution in [0.2, 0.25) is 5.02 Å². The normalized spacial score (nSPS) is 13.9. The number of esters is 1. The van der Waals surface area contributed by atoms with Crippen LogP contribution in [0.5, 0.6) is 5.75 Å². The molecule has 0 aliphatic heterocycles. The molecular formula is C21H28ClN6O7P. The Bertz CT molecular complexity index is 1310. The summed E-state index contributed by atoms with van der Waals surface area (Å²) in [6.07, 6.45) is 1.09. The third kappa shape index (κ3) is 7.05. The molecule has 0 amide bonds. The van der Waals surface area contributed by atoms with Gasteiger partial charge in [0.05, 0.1) is 38.3 Å². The Labute approximate surface area is 211 Å². The number of hydrogen-bond acceptors (Lipinski definition) is 10. The van der Waals surface area contributed by atoms with Crippen molar-refractivity contribution in [1.29, 1.82) is 0 Å². The molecule has 2 heterocycles. The minimum Gasteiger partial charge on any atom is -0.495 e. The number of benzene rings is 1. The molecule has 2 aromatic heterocycles. The van der Waals surface area contributed by atoms with Gasteiger partial charge in [-0.25, -0.2) is 10.1 Å². The molecule has 0 saturated heterocycles. The third-order valence-electron chi connectivity index (χ3n) is 4.92. The number of rotatable bonds is 13. The highest BCUT2D eigenvalue weighted by Gasteiger charge is 2.29. The van der Waals surface area contributed by atoms with E-state index in [0.29, 0.717) is 22.0 Å². The molecule has 0 aliphatic carbocycles. The Morgan fingerprint density at radius 3 is 2.86 bits per heavy atom. The minimum atomic E-state index is -3.69. The molecule has 0 aliphatic rings. The number of methoxy groups -OCH3 is 1. The average Bonchev–Trinajstić information content (AvgIpc) is 3.24. The summed E-state index contributed by atoms with van der Waals surface area (Å²) in [5.74, 6) is -0.123. The predicted octanol–water partition coefficient (Wildman–Crippen LogP) is 2.29. The predicted molar refractivity (Wildman–Crippen MR) is 133 cm³/mol. The number of aromatic nitrogens is 4. The zero-order chi connectivity index (χ0) is 26.3. The van der Waals surface area contributed by atoms with Gasteiger partial charge in [-0.2, -0.15) is 4.98 Å². The van der Waals surface area contributed by atoms with Gasteiger partial charge in [-0.15, -0.1) is 0 Å². The van der Waals surface area contributed by atoms with Crippen LogP contribution >= 0.6 is 19.1 Å². The Hall–Kier alpha value is -2.96. The van der Waals surface area contributed by atoms with E-state index in [1.807, 2.05) is 0 Å². The van der Waals surface area contributed by atoms with Crippen LogP contribution in [-0.4, -0.2) is 58.2 Å². The maximum atomic E-state index is 13.6. The lowest BCUT2D eigenvalue weighted by molar-refractivity contribution is -0.144. The van der Waals surface area contributed by atoms with Crippen LogP contribution in [0.4, 0.5) is 5.95 Å². The van der Waals surface area contributed by atoms with Gasteiger partial charge in [0.25, 0.3) is 13.1 Å². The van der Waals surface area contributed by atoms with Gasteiger partial charge in [0.2, 0.25) is 5.95 Å². The number of fused-ring (bicyclic) bond motifs is 1. The van der Waals surface area contributed by atoms with Crippen molar-refractivity contribution in [3.8, 4) is 5.75 Å². The lowest BCUT2D eigenvalue weighted by Gasteiger charge is -2.23. The molecule has 13 nitrogen and oxygen atoms in total. The highest BCUT2D eigenvalue weighted by atomic mass is 35.5. The first-order valence-electron chi connectivity index (χ1n) is 10.9. The van der Waals surface area contributed by atoms with Crippen LogP contribution in [0.15, 0.2) is 29.3 Å². The molecule has 196 valence electrons. The van der Waals surface area contributed by atoms with Gasteiger partial charge in [0.15, 0.2) is 11.2 Å². The maximum Gasteiger partial charge on any atom is 0.323 e. The number of ether oxygens (including phenoxy) is 3. The molecule has 3 aromatic rings. The second kappa shape index (κ2) is 12.3. The number of carbonyl (C=O) groups excluding carboxylic acids is 1. The van der Waals surface area contributed by atoms with E-state index in [2.05, 4.69) is 20.0 Å². The second-order valence-corrected chi connectivity index (χ2v) is 10.1. The number of imidazole rings is 1. The van der Waals surface area contributed by atoms with E-state index < -0.39 is 25.1 Å². The number of hydrogen-bond donors (Lipinski definition) is 3. The SMILES string of the molecule is CCOC(=O)[C@@H](C)NP(=O)(COCCn1cnc2c(=O)[nH]c(N)nc21)OCc1ccc(OC)c(Cl)c1. The number of carbonyl (C=O) groups is 1. The summed E-state index contributed by atoms with van der Waals surface area (Å²) in [4.78, 5) is 34.5. The largest absolute Gasteiger partial charge is 0.495 e. The molecule has 0 bridgehead atoms. The van der Waals surface area contributed by atoms with Gasteiger partial charge in [-0.05, 0) is 31.5 Å². The number of nitrogens with zero attached hydrogens (tertiary/aromatic N) is 3. The molecule has 1 unspecified atom stereocenters. The quantitative estimate of drug-likeness (QED) is 0.164. The van der Waals surface area contributed by atoms with E-state index in [1.165, 1.54) is 20.4 Å². The van der Waals surface area contributed by atoms with Gasteiger partial charge in [0, 0.05) is 6.54 Å². The Morgan fingerprint density at radius 1 is 1.39 bits per heavy atom. The standard InChI is InChI=1S/C21H28ClN6O7P/c1-4-34-20(30)13(2)27-36(31,35-10-14-5-6-16(32-3)15(22)9-14)12-33-8-7-28-11-24-17-18(28)25-21(23)26-19(17)29/h5-6,9,11,13H,4,7-8,10,12H2,1-3H3,(H,27,31)(H3,23,25,26,29)/t13-,36?/m1/s1. The van der Waals surface area contributed by atoms with Crippen molar-refractivity contribution in [3.63, 3.8) is 0 Å². The summed E-state index contributed by atoms with van der Waals surface area (Å²) < 4.78 is 36.6. The summed E-state index contributed by atoms with van der Waals surface area (Å²) in [7, 11) is -2.19. The molecular weight excluding hydrogens is 515 g/mol.